The predicted octanol–water partition coefficient (Wildman–Crippen LogP) is -0.0649. The summed E-state index contributed by atoms with van der Waals surface area (Å²) in [6.45, 7) is 1.16. The molecule has 2 fully saturated rings. The Bertz CT molecular complexity index is 539. The van der Waals surface area contributed by atoms with Crippen LogP contribution in [0.15, 0.2) is 17.6 Å². The van der Waals surface area contributed by atoms with Crippen molar-refractivity contribution < 1.29 is 8.42 Å². The molecule has 2 aliphatic heterocycles. The molecular formula is C11H18N4O2S. The average Bonchev–Trinajstić information content (AvgIpc) is 2.85. The summed E-state index contributed by atoms with van der Waals surface area (Å²) in [4.78, 5) is 3.97. The van der Waals surface area contributed by atoms with Crippen LogP contribution in [0.4, 0.5) is 0 Å². The number of aromatic nitrogens is 2. The second kappa shape index (κ2) is 4.32. The fourth-order valence-corrected chi connectivity index (χ4v) is 4.25. The van der Waals surface area contributed by atoms with E-state index in [0.717, 1.165) is 12.8 Å². The number of nitrogens with zero attached hydrogens (tertiary/aromatic N) is 3. The minimum atomic E-state index is -3.43. The molecule has 3 heterocycles. The van der Waals surface area contributed by atoms with E-state index in [-0.39, 0.29) is 5.03 Å². The lowest BCUT2D eigenvalue weighted by Gasteiger charge is -2.22. The SMILES string of the molecule is Cn1cnc(S(=O)(=O)N2CCC3CCC(C2)N3)c1. The molecule has 1 aromatic rings. The Balaban J connectivity index is 1.85. The first-order valence-corrected chi connectivity index (χ1v) is 7.74. The molecular weight excluding hydrogens is 252 g/mol. The highest BCUT2D eigenvalue weighted by molar-refractivity contribution is 7.89. The quantitative estimate of drug-likeness (QED) is 0.817. The Morgan fingerprint density at radius 1 is 1.33 bits per heavy atom. The number of imidazole rings is 1. The minimum Gasteiger partial charge on any atom is -0.339 e. The molecule has 0 spiro atoms. The zero-order valence-corrected chi connectivity index (χ0v) is 11.2. The number of hydrogen-bond donors (Lipinski definition) is 1. The molecule has 1 N–H and O–H groups in total. The van der Waals surface area contributed by atoms with Gasteiger partial charge in [0.05, 0.1) is 6.33 Å². The fourth-order valence-electron chi connectivity index (χ4n) is 2.78. The van der Waals surface area contributed by atoms with Gasteiger partial charge < -0.3 is 9.88 Å². The molecule has 7 heteroatoms. The molecule has 3 rings (SSSR count). The van der Waals surface area contributed by atoms with E-state index < -0.39 is 10.0 Å². The third-order valence-corrected chi connectivity index (χ3v) is 5.52. The Morgan fingerprint density at radius 3 is 2.83 bits per heavy atom. The molecule has 2 atom stereocenters. The highest BCUT2D eigenvalue weighted by Crippen LogP contribution is 2.24. The van der Waals surface area contributed by atoms with Crippen molar-refractivity contribution in [1.29, 1.82) is 0 Å². The van der Waals surface area contributed by atoms with E-state index in [2.05, 4.69) is 10.3 Å². The summed E-state index contributed by atoms with van der Waals surface area (Å²) in [7, 11) is -1.65. The summed E-state index contributed by atoms with van der Waals surface area (Å²) in [6.07, 6.45) is 6.21. The van der Waals surface area contributed by atoms with Crippen LogP contribution in [0.2, 0.25) is 0 Å². The number of fused-ring (bicyclic) bond motifs is 2. The lowest BCUT2D eigenvalue weighted by Crippen LogP contribution is -2.39. The maximum Gasteiger partial charge on any atom is 0.262 e. The number of aryl methyl sites for hydroxylation is 1. The Hall–Kier alpha value is -0.920. The van der Waals surface area contributed by atoms with Crippen LogP contribution >= 0.6 is 0 Å². The second-order valence-corrected chi connectivity index (χ2v) is 7.05. The van der Waals surface area contributed by atoms with Gasteiger partial charge in [0, 0.05) is 38.4 Å². The summed E-state index contributed by atoms with van der Waals surface area (Å²) >= 11 is 0. The van der Waals surface area contributed by atoms with E-state index in [1.165, 1.54) is 12.7 Å². The van der Waals surface area contributed by atoms with Crippen molar-refractivity contribution in [3.8, 4) is 0 Å². The maximum atomic E-state index is 12.5. The van der Waals surface area contributed by atoms with Crippen LogP contribution in [0.25, 0.3) is 0 Å². The minimum absolute atomic E-state index is 0.155. The van der Waals surface area contributed by atoms with Crippen LogP contribution < -0.4 is 5.32 Å². The van der Waals surface area contributed by atoms with Gasteiger partial charge in [-0.25, -0.2) is 13.4 Å². The highest BCUT2D eigenvalue weighted by atomic mass is 32.2. The van der Waals surface area contributed by atoms with Crippen molar-refractivity contribution in [2.75, 3.05) is 13.1 Å². The topological polar surface area (TPSA) is 67.2 Å². The molecule has 0 radical (unpaired) electrons. The van der Waals surface area contributed by atoms with Crippen LogP contribution in [0, 0.1) is 0 Å². The summed E-state index contributed by atoms with van der Waals surface area (Å²) in [5.41, 5.74) is 0. The van der Waals surface area contributed by atoms with Crippen LogP contribution in [-0.2, 0) is 17.1 Å². The predicted molar refractivity (Wildman–Crippen MR) is 66.5 cm³/mol. The van der Waals surface area contributed by atoms with Gasteiger partial charge in [0.1, 0.15) is 0 Å². The highest BCUT2D eigenvalue weighted by Gasteiger charge is 2.35. The van der Waals surface area contributed by atoms with E-state index in [0.29, 0.717) is 25.2 Å². The molecule has 2 aliphatic rings. The molecule has 0 saturated carbocycles. The van der Waals surface area contributed by atoms with Crippen molar-refractivity contribution in [2.24, 2.45) is 7.05 Å². The van der Waals surface area contributed by atoms with Crippen LogP contribution in [0.3, 0.4) is 0 Å². The van der Waals surface area contributed by atoms with Crippen LogP contribution in [-0.4, -0.2) is 47.4 Å². The third-order valence-electron chi connectivity index (χ3n) is 3.77. The summed E-state index contributed by atoms with van der Waals surface area (Å²) in [5, 5.41) is 3.64. The number of sulfonamides is 1. The first kappa shape index (κ1) is 12.1. The molecule has 100 valence electrons. The number of hydrogen-bond acceptors (Lipinski definition) is 4. The third kappa shape index (κ3) is 2.06. The van der Waals surface area contributed by atoms with Gasteiger partial charge in [-0.05, 0) is 19.3 Å². The monoisotopic (exact) mass is 270 g/mol. The van der Waals surface area contributed by atoms with E-state index in [1.807, 2.05) is 0 Å². The van der Waals surface area contributed by atoms with Gasteiger partial charge in [-0.2, -0.15) is 4.31 Å². The van der Waals surface area contributed by atoms with Gasteiger partial charge in [0.2, 0.25) is 0 Å². The summed E-state index contributed by atoms with van der Waals surface area (Å²) < 4.78 is 28.1. The lowest BCUT2D eigenvalue weighted by atomic mass is 10.1. The fraction of sp³-hybridized carbons (Fsp3) is 0.727. The Labute approximate surface area is 107 Å². The first-order valence-electron chi connectivity index (χ1n) is 6.30. The maximum absolute atomic E-state index is 12.5. The van der Waals surface area contributed by atoms with Gasteiger partial charge in [-0.3, -0.25) is 0 Å². The summed E-state index contributed by atoms with van der Waals surface area (Å²) in [6, 6.07) is 0.787. The molecule has 2 bridgehead atoms. The van der Waals surface area contributed by atoms with Crippen molar-refractivity contribution >= 4 is 10.0 Å². The second-order valence-electron chi connectivity index (χ2n) is 5.17. The van der Waals surface area contributed by atoms with Crippen molar-refractivity contribution in [2.45, 2.75) is 36.4 Å². The van der Waals surface area contributed by atoms with E-state index in [4.69, 9.17) is 0 Å². The lowest BCUT2D eigenvalue weighted by molar-refractivity contribution is 0.382. The van der Waals surface area contributed by atoms with E-state index in [1.54, 1.807) is 22.1 Å². The Kier molecular flexibility index (Phi) is 2.91. The smallest absolute Gasteiger partial charge is 0.262 e. The molecule has 0 aliphatic carbocycles. The summed E-state index contributed by atoms with van der Waals surface area (Å²) in [5.74, 6) is 0. The van der Waals surface area contributed by atoms with Crippen molar-refractivity contribution in [3.05, 3.63) is 12.5 Å². The van der Waals surface area contributed by atoms with E-state index in [9.17, 15) is 8.42 Å². The number of rotatable bonds is 2. The van der Waals surface area contributed by atoms with Crippen molar-refractivity contribution in [3.63, 3.8) is 0 Å². The largest absolute Gasteiger partial charge is 0.339 e. The first-order chi connectivity index (χ1) is 8.55. The van der Waals surface area contributed by atoms with Crippen LogP contribution in [0.1, 0.15) is 19.3 Å². The van der Waals surface area contributed by atoms with Gasteiger partial charge in [-0.15, -0.1) is 0 Å². The molecule has 2 unspecified atom stereocenters. The average molecular weight is 270 g/mol. The normalized spacial score (nSPS) is 29.4. The molecule has 2 saturated heterocycles. The molecule has 0 amide bonds. The zero-order chi connectivity index (χ0) is 12.8. The van der Waals surface area contributed by atoms with Crippen LogP contribution in [0.5, 0.6) is 0 Å². The zero-order valence-electron chi connectivity index (χ0n) is 10.4. The molecule has 18 heavy (non-hydrogen) atoms. The molecule has 0 aromatic carbocycles. The van der Waals surface area contributed by atoms with Gasteiger partial charge in [0.15, 0.2) is 5.03 Å². The van der Waals surface area contributed by atoms with Gasteiger partial charge in [0.25, 0.3) is 10.0 Å². The van der Waals surface area contributed by atoms with Gasteiger partial charge in [-0.1, -0.05) is 0 Å². The molecule has 1 aromatic heterocycles. The van der Waals surface area contributed by atoms with E-state index >= 15 is 0 Å². The standard InChI is InChI=1S/C11H18N4O2S/c1-14-7-11(12-8-14)18(16,17)15-5-4-9-2-3-10(6-15)13-9/h7-10,13H,2-6H2,1H3. The van der Waals surface area contributed by atoms with Gasteiger partial charge >= 0.3 is 0 Å². The molecule has 6 nitrogen and oxygen atoms in total. The Morgan fingerprint density at radius 2 is 2.11 bits per heavy atom. The van der Waals surface area contributed by atoms with Crippen molar-refractivity contribution in [1.82, 2.24) is 19.2 Å². The number of nitrogens with one attached hydrogen (secondary N) is 1.